The third-order valence-electron chi connectivity index (χ3n) is 4.40. The second kappa shape index (κ2) is 11.0. The van der Waals surface area contributed by atoms with Gasteiger partial charge in [0.2, 0.25) is 5.91 Å². The summed E-state index contributed by atoms with van der Waals surface area (Å²) in [6.45, 7) is 1.52. The molecule has 0 aliphatic carbocycles. The molecule has 34 heavy (non-hydrogen) atoms. The summed E-state index contributed by atoms with van der Waals surface area (Å²) in [5.41, 5.74) is 2.52. The van der Waals surface area contributed by atoms with Gasteiger partial charge in [-0.05, 0) is 11.6 Å². The molecule has 0 fully saturated rings. The largest absolute Gasteiger partial charge is 0.491 e. The molecular weight excluding hydrogens is 462 g/mol. The highest BCUT2D eigenvalue weighted by molar-refractivity contribution is 7.90. The number of carbonyl (C=O) groups is 1. The molecule has 0 aliphatic heterocycles. The molecule has 0 aromatic carbocycles. The van der Waals surface area contributed by atoms with Gasteiger partial charge in [0, 0.05) is 56.4 Å². The van der Waals surface area contributed by atoms with E-state index in [2.05, 4.69) is 25.6 Å². The Kier molecular flexibility index (Phi) is 8.10. The third-order valence-corrected chi connectivity index (χ3v) is 5.37. The summed E-state index contributed by atoms with van der Waals surface area (Å²) >= 11 is 0. The van der Waals surface area contributed by atoms with Crippen molar-refractivity contribution in [1.29, 1.82) is 0 Å². The number of sulfone groups is 1. The molecular formula is C22H25N5O6S. The number of carbonyl (C=O) groups excluding carboxylic acids is 1. The Balaban J connectivity index is 2.07. The van der Waals surface area contributed by atoms with Crippen LogP contribution in [0, 0.1) is 0 Å². The second-order valence-electron chi connectivity index (χ2n) is 7.28. The number of aliphatic hydroxyl groups is 1. The molecule has 0 spiro atoms. The van der Waals surface area contributed by atoms with Crippen molar-refractivity contribution in [2.24, 2.45) is 0 Å². The van der Waals surface area contributed by atoms with Gasteiger partial charge in [0.15, 0.2) is 14.9 Å². The number of ether oxygens (including phenoxy) is 2. The highest BCUT2D eigenvalue weighted by atomic mass is 32.2. The molecule has 12 heteroatoms. The van der Waals surface area contributed by atoms with E-state index in [1.54, 1.807) is 25.4 Å². The average Bonchev–Trinajstić information content (AvgIpc) is 2.78. The minimum absolute atomic E-state index is 0.0163. The van der Waals surface area contributed by atoms with E-state index in [9.17, 15) is 13.2 Å². The van der Waals surface area contributed by atoms with E-state index in [0.717, 1.165) is 11.8 Å². The zero-order valence-electron chi connectivity index (χ0n) is 18.9. The van der Waals surface area contributed by atoms with E-state index in [4.69, 9.17) is 14.6 Å². The summed E-state index contributed by atoms with van der Waals surface area (Å²) in [6, 6.07) is 8.03. The van der Waals surface area contributed by atoms with Gasteiger partial charge in [-0.2, -0.15) is 0 Å². The van der Waals surface area contributed by atoms with Crippen LogP contribution in [0.4, 0.5) is 17.3 Å². The van der Waals surface area contributed by atoms with Gasteiger partial charge in [-0.25, -0.2) is 18.4 Å². The number of hydrogen-bond donors (Lipinski definition) is 3. The van der Waals surface area contributed by atoms with Gasteiger partial charge in [-0.3, -0.25) is 9.78 Å². The third kappa shape index (κ3) is 6.70. The van der Waals surface area contributed by atoms with Gasteiger partial charge in [0.1, 0.15) is 24.0 Å². The van der Waals surface area contributed by atoms with Crippen LogP contribution in [0.15, 0.2) is 47.8 Å². The predicted molar refractivity (Wildman–Crippen MR) is 126 cm³/mol. The molecule has 0 bridgehead atoms. The molecule has 0 radical (unpaired) electrons. The Morgan fingerprint density at radius 1 is 1.12 bits per heavy atom. The number of nitrogens with zero attached hydrogens (tertiary/aromatic N) is 3. The van der Waals surface area contributed by atoms with Crippen molar-refractivity contribution in [3.8, 4) is 17.0 Å². The van der Waals surface area contributed by atoms with Crippen molar-refractivity contribution in [2.75, 3.05) is 37.2 Å². The molecule has 0 saturated carbocycles. The Morgan fingerprint density at radius 3 is 2.53 bits per heavy atom. The number of aromatic nitrogens is 3. The van der Waals surface area contributed by atoms with Crippen LogP contribution in [-0.4, -0.2) is 61.0 Å². The van der Waals surface area contributed by atoms with E-state index in [-0.39, 0.29) is 41.5 Å². The van der Waals surface area contributed by atoms with Gasteiger partial charge in [-0.1, -0.05) is 6.07 Å². The van der Waals surface area contributed by atoms with Crippen LogP contribution < -0.4 is 15.4 Å². The van der Waals surface area contributed by atoms with Crippen molar-refractivity contribution in [3.05, 3.63) is 48.3 Å². The first-order valence-electron chi connectivity index (χ1n) is 10.1. The van der Waals surface area contributed by atoms with E-state index in [1.165, 1.54) is 25.3 Å². The predicted octanol–water partition coefficient (Wildman–Crippen LogP) is 2.16. The van der Waals surface area contributed by atoms with Crippen LogP contribution >= 0.6 is 0 Å². The molecule has 3 heterocycles. The van der Waals surface area contributed by atoms with E-state index in [0.29, 0.717) is 23.6 Å². The molecule has 0 unspecified atom stereocenters. The van der Waals surface area contributed by atoms with Crippen molar-refractivity contribution >= 4 is 33.1 Å². The Hall–Kier alpha value is -3.61. The summed E-state index contributed by atoms with van der Waals surface area (Å²) in [6.07, 6.45) is 4.25. The van der Waals surface area contributed by atoms with Crippen LogP contribution in [0.2, 0.25) is 0 Å². The lowest BCUT2D eigenvalue weighted by molar-refractivity contribution is -0.114. The molecule has 0 atom stereocenters. The number of methoxy groups -OCH3 is 1. The normalized spacial score (nSPS) is 11.2. The van der Waals surface area contributed by atoms with E-state index < -0.39 is 9.84 Å². The number of hydrogen-bond acceptors (Lipinski definition) is 10. The fourth-order valence-corrected chi connectivity index (χ4v) is 3.56. The quantitative estimate of drug-likeness (QED) is 0.388. The standard InChI is InChI=1S/C22H25N5O6S/c1-14(29)25-20-10-19(17(12-24-20)18-5-4-15(11-23-18)13-32-2)26-21-8-16(33-7-6-28)9-22(27-21)34(3,30)31/h4-5,8-12,28H,6-7,13H2,1-3H3,(H2,24,25,26,27,29). The maximum absolute atomic E-state index is 12.1. The van der Waals surface area contributed by atoms with E-state index >= 15 is 0 Å². The van der Waals surface area contributed by atoms with Crippen LogP contribution in [0.25, 0.3) is 11.3 Å². The van der Waals surface area contributed by atoms with Gasteiger partial charge >= 0.3 is 0 Å². The molecule has 11 nitrogen and oxygen atoms in total. The zero-order chi connectivity index (χ0) is 24.7. The minimum Gasteiger partial charge on any atom is -0.491 e. The number of nitrogens with one attached hydrogen (secondary N) is 2. The summed E-state index contributed by atoms with van der Waals surface area (Å²) in [7, 11) is -2.05. The molecule has 3 N–H and O–H groups in total. The maximum Gasteiger partial charge on any atom is 0.222 e. The maximum atomic E-state index is 12.1. The first-order valence-corrected chi connectivity index (χ1v) is 12.0. The molecule has 3 aromatic rings. The SMILES string of the molecule is COCc1ccc(-c2cnc(NC(C)=O)cc2Nc2cc(OCCO)cc(S(C)(=O)=O)n2)nc1. The fraction of sp³-hybridized carbons (Fsp3) is 0.273. The summed E-state index contributed by atoms with van der Waals surface area (Å²) < 4.78 is 34.8. The molecule has 1 amide bonds. The highest BCUT2D eigenvalue weighted by Crippen LogP contribution is 2.32. The molecule has 0 saturated heterocycles. The lowest BCUT2D eigenvalue weighted by Crippen LogP contribution is -2.09. The Bertz CT molecular complexity index is 1270. The summed E-state index contributed by atoms with van der Waals surface area (Å²) in [5, 5.41) is 14.5. The highest BCUT2D eigenvalue weighted by Gasteiger charge is 2.16. The van der Waals surface area contributed by atoms with Crippen LogP contribution in [-0.2, 0) is 26.0 Å². The number of rotatable bonds is 10. The summed E-state index contributed by atoms with van der Waals surface area (Å²) in [4.78, 5) is 24.4. The van der Waals surface area contributed by atoms with Crippen LogP contribution in [0.3, 0.4) is 0 Å². The monoisotopic (exact) mass is 487 g/mol. The van der Waals surface area contributed by atoms with Crippen molar-refractivity contribution in [3.63, 3.8) is 0 Å². The van der Waals surface area contributed by atoms with Crippen molar-refractivity contribution in [1.82, 2.24) is 15.0 Å². The fourth-order valence-electron chi connectivity index (χ4n) is 2.97. The van der Waals surface area contributed by atoms with Gasteiger partial charge in [0.05, 0.1) is 24.6 Å². The summed E-state index contributed by atoms with van der Waals surface area (Å²) in [5.74, 6) is 0.371. The molecule has 3 rings (SSSR count). The second-order valence-corrected chi connectivity index (χ2v) is 9.24. The number of anilines is 3. The van der Waals surface area contributed by atoms with Gasteiger partial charge in [0.25, 0.3) is 0 Å². The molecule has 3 aromatic heterocycles. The smallest absolute Gasteiger partial charge is 0.222 e. The number of aliphatic hydroxyl groups excluding tert-OH is 1. The van der Waals surface area contributed by atoms with Gasteiger partial charge in [-0.15, -0.1) is 0 Å². The Labute approximate surface area is 197 Å². The van der Waals surface area contributed by atoms with Crippen molar-refractivity contribution in [2.45, 2.75) is 18.6 Å². The van der Waals surface area contributed by atoms with Gasteiger partial charge < -0.3 is 25.2 Å². The van der Waals surface area contributed by atoms with E-state index in [1.807, 2.05) is 6.07 Å². The molecule has 0 aliphatic rings. The topological polar surface area (TPSA) is 153 Å². The average molecular weight is 488 g/mol. The lowest BCUT2D eigenvalue weighted by Gasteiger charge is -2.15. The number of amides is 1. The van der Waals surface area contributed by atoms with Crippen LogP contribution in [0.1, 0.15) is 12.5 Å². The lowest BCUT2D eigenvalue weighted by atomic mass is 10.1. The first kappa shape index (κ1) is 25.0. The minimum atomic E-state index is -3.65. The Morgan fingerprint density at radius 2 is 1.91 bits per heavy atom. The van der Waals surface area contributed by atoms with Crippen molar-refractivity contribution < 1.29 is 27.8 Å². The number of pyridine rings is 3. The first-order chi connectivity index (χ1) is 16.2. The van der Waals surface area contributed by atoms with Crippen LogP contribution in [0.5, 0.6) is 5.75 Å². The zero-order valence-corrected chi connectivity index (χ0v) is 19.7. The molecule has 180 valence electrons.